The van der Waals surface area contributed by atoms with E-state index in [1.54, 1.807) is 17.0 Å². The van der Waals surface area contributed by atoms with E-state index in [-0.39, 0.29) is 35.8 Å². The average Bonchev–Trinajstić information content (AvgIpc) is 3.16. The third kappa shape index (κ3) is 6.29. The van der Waals surface area contributed by atoms with Gasteiger partial charge in [0.15, 0.2) is 0 Å². The molecular formula is C19H30N4O4S. The number of sulfonamides is 1. The molecule has 0 aliphatic carbocycles. The zero-order valence-corrected chi connectivity index (χ0v) is 17.6. The summed E-state index contributed by atoms with van der Waals surface area (Å²) in [5.74, 6) is -0.432. The molecule has 1 saturated heterocycles. The van der Waals surface area contributed by atoms with Crippen molar-refractivity contribution in [3.8, 4) is 0 Å². The first-order valence-electron chi connectivity index (χ1n) is 9.64. The van der Waals surface area contributed by atoms with Crippen LogP contribution in [0, 0.1) is 0 Å². The first-order chi connectivity index (χ1) is 13.2. The van der Waals surface area contributed by atoms with Crippen molar-refractivity contribution in [2.45, 2.75) is 44.6 Å². The predicted molar refractivity (Wildman–Crippen MR) is 108 cm³/mol. The maximum atomic E-state index is 12.7. The van der Waals surface area contributed by atoms with E-state index >= 15 is 0 Å². The minimum absolute atomic E-state index is 0.0420. The Hall–Kier alpha value is -1.97. The number of nitrogens with one attached hydrogen (secondary N) is 2. The molecule has 0 aromatic heterocycles. The first-order valence-corrected chi connectivity index (χ1v) is 11.1. The van der Waals surface area contributed by atoms with Gasteiger partial charge < -0.3 is 10.6 Å². The zero-order chi connectivity index (χ0) is 20.7. The standard InChI is InChI=1S/C19H30N4O4S/c1-4-22(13-18(24)20-15(2)3)14-19(25)21-16-8-7-9-17(12-16)28(26,27)23-10-5-6-11-23/h7-9,12,15H,4-6,10-11,13-14H2,1-3H3,(H,20,24)(H,21,25). The lowest BCUT2D eigenvalue weighted by Gasteiger charge is -2.20. The van der Waals surface area contributed by atoms with Crippen LogP contribution in [-0.4, -0.2) is 68.2 Å². The molecule has 2 N–H and O–H groups in total. The average molecular weight is 411 g/mol. The van der Waals surface area contributed by atoms with Crippen molar-refractivity contribution in [3.05, 3.63) is 24.3 Å². The number of amides is 2. The van der Waals surface area contributed by atoms with Gasteiger partial charge in [0.1, 0.15) is 0 Å². The second-order valence-corrected chi connectivity index (χ2v) is 9.15. The third-order valence-electron chi connectivity index (χ3n) is 4.45. The number of carbonyl (C=O) groups is 2. The number of hydrogen-bond acceptors (Lipinski definition) is 5. The molecule has 9 heteroatoms. The van der Waals surface area contributed by atoms with E-state index < -0.39 is 10.0 Å². The summed E-state index contributed by atoms with van der Waals surface area (Å²) >= 11 is 0. The minimum atomic E-state index is -3.53. The largest absolute Gasteiger partial charge is 0.353 e. The molecular weight excluding hydrogens is 380 g/mol. The van der Waals surface area contributed by atoms with Crippen LogP contribution in [0.5, 0.6) is 0 Å². The fourth-order valence-corrected chi connectivity index (χ4v) is 4.63. The highest BCUT2D eigenvalue weighted by atomic mass is 32.2. The second-order valence-electron chi connectivity index (χ2n) is 7.21. The van der Waals surface area contributed by atoms with Gasteiger partial charge in [-0.3, -0.25) is 14.5 Å². The maximum absolute atomic E-state index is 12.7. The first kappa shape index (κ1) is 22.3. The van der Waals surface area contributed by atoms with E-state index in [0.717, 1.165) is 12.8 Å². The fraction of sp³-hybridized carbons (Fsp3) is 0.579. The Bertz CT molecular complexity index is 789. The second kappa shape index (κ2) is 9.99. The number of nitrogens with zero attached hydrogens (tertiary/aromatic N) is 2. The molecule has 0 spiro atoms. The topological polar surface area (TPSA) is 98.8 Å². The van der Waals surface area contributed by atoms with Crippen molar-refractivity contribution in [1.29, 1.82) is 0 Å². The Balaban J connectivity index is 1.99. The van der Waals surface area contributed by atoms with Gasteiger partial charge in [0.25, 0.3) is 0 Å². The predicted octanol–water partition coefficient (Wildman–Crippen LogP) is 1.26. The molecule has 0 unspecified atom stereocenters. The molecule has 8 nitrogen and oxygen atoms in total. The summed E-state index contributed by atoms with van der Waals surface area (Å²) in [5, 5.41) is 5.53. The van der Waals surface area contributed by atoms with Gasteiger partial charge in [0.2, 0.25) is 21.8 Å². The summed E-state index contributed by atoms with van der Waals surface area (Å²) in [6.45, 7) is 7.41. The van der Waals surface area contributed by atoms with E-state index in [0.29, 0.717) is 25.3 Å². The number of likely N-dealkylation sites (N-methyl/N-ethyl adjacent to an activating group) is 1. The van der Waals surface area contributed by atoms with E-state index in [1.165, 1.54) is 16.4 Å². The van der Waals surface area contributed by atoms with Crippen LogP contribution in [0.25, 0.3) is 0 Å². The molecule has 28 heavy (non-hydrogen) atoms. The Morgan fingerprint density at radius 1 is 1.14 bits per heavy atom. The van der Waals surface area contributed by atoms with Gasteiger partial charge in [0.05, 0.1) is 18.0 Å². The number of anilines is 1. The van der Waals surface area contributed by atoms with Crippen LogP contribution in [0.1, 0.15) is 33.6 Å². The maximum Gasteiger partial charge on any atom is 0.243 e. The van der Waals surface area contributed by atoms with Gasteiger partial charge in [-0.15, -0.1) is 0 Å². The normalized spacial score (nSPS) is 15.2. The van der Waals surface area contributed by atoms with Crippen LogP contribution in [-0.2, 0) is 19.6 Å². The molecule has 1 aliphatic rings. The molecule has 0 atom stereocenters. The van der Waals surface area contributed by atoms with Gasteiger partial charge in [-0.1, -0.05) is 13.0 Å². The quantitative estimate of drug-likeness (QED) is 0.639. The van der Waals surface area contributed by atoms with Gasteiger partial charge in [0, 0.05) is 24.8 Å². The lowest BCUT2D eigenvalue weighted by atomic mass is 10.3. The summed E-state index contributed by atoms with van der Waals surface area (Å²) < 4.78 is 26.8. The van der Waals surface area contributed by atoms with Crippen LogP contribution < -0.4 is 10.6 Å². The van der Waals surface area contributed by atoms with Crippen LogP contribution in [0.4, 0.5) is 5.69 Å². The Labute approximate surface area is 167 Å². The van der Waals surface area contributed by atoms with Crippen LogP contribution in [0.15, 0.2) is 29.2 Å². The molecule has 1 aromatic carbocycles. The van der Waals surface area contributed by atoms with Crippen molar-refractivity contribution in [2.75, 3.05) is 38.0 Å². The molecule has 156 valence electrons. The highest BCUT2D eigenvalue weighted by molar-refractivity contribution is 7.89. The van der Waals surface area contributed by atoms with Crippen LogP contribution in [0.2, 0.25) is 0 Å². The summed E-state index contributed by atoms with van der Waals surface area (Å²) in [7, 11) is -3.53. The van der Waals surface area contributed by atoms with Crippen LogP contribution >= 0.6 is 0 Å². The smallest absolute Gasteiger partial charge is 0.243 e. The highest BCUT2D eigenvalue weighted by Crippen LogP contribution is 2.23. The third-order valence-corrected chi connectivity index (χ3v) is 6.35. The lowest BCUT2D eigenvalue weighted by Crippen LogP contribution is -2.42. The molecule has 2 rings (SSSR count). The van der Waals surface area contributed by atoms with Gasteiger partial charge in [-0.2, -0.15) is 4.31 Å². The SMILES string of the molecule is CCN(CC(=O)Nc1cccc(S(=O)(=O)N2CCCC2)c1)CC(=O)NC(C)C. The Kier molecular flexibility index (Phi) is 7.97. The van der Waals surface area contributed by atoms with E-state index in [4.69, 9.17) is 0 Å². The van der Waals surface area contributed by atoms with E-state index in [9.17, 15) is 18.0 Å². The Morgan fingerprint density at radius 2 is 1.79 bits per heavy atom. The van der Waals surface area contributed by atoms with Gasteiger partial charge >= 0.3 is 0 Å². The molecule has 1 fully saturated rings. The van der Waals surface area contributed by atoms with E-state index in [2.05, 4.69) is 10.6 Å². The summed E-state index contributed by atoms with van der Waals surface area (Å²) in [6.07, 6.45) is 1.74. The molecule has 0 radical (unpaired) electrons. The number of benzene rings is 1. The monoisotopic (exact) mass is 410 g/mol. The molecule has 1 heterocycles. The number of rotatable bonds is 9. The Morgan fingerprint density at radius 3 is 2.39 bits per heavy atom. The molecule has 1 aromatic rings. The summed E-state index contributed by atoms with van der Waals surface area (Å²) in [4.78, 5) is 26.1. The minimum Gasteiger partial charge on any atom is -0.353 e. The van der Waals surface area contributed by atoms with Crippen molar-refractivity contribution in [3.63, 3.8) is 0 Å². The number of carbonyl (C=O) groups excluding carboxylic acids is 2. The van der Waals surface area contributed by atoms with Gasteiger partial charge in [-0.25, -0.2) is 8.42 Å². The highest BCUT2D eigenvalue weighted by Gasteiger charge is 2.27. The van der Waals surface area contributed by atoms with Crippen LogP contribution in [0.3, 0.4) is 0 Å². The summed E-state index contributed by atoms with van der Waals surface area (Å²) in [6, 6.07) is 6.33. The summed E-state index contributed by atoms with van der Waals surface area (Å²) in [5.41, 5.74) is 0.424. The van der Waals surface area contributed by atoms with Gasteiger partial charge in [-0.05, 0) is 51.4 Å². The molecule has 2 amide bonds. The van der Waals surface area contributed by atoms with Crippen molar-refractivity contribution in [1.82, 2.24) is 14.5 Å². The zero-order valence-electron chi connectivity index (χ0n) is 16.8. The number of hydrogen-bond donors (Lipinski definition) is 2. The lowest BCUT2D eigenvalue weighted by molar-refractivity contribution is -0.123. The fourth-order valence-electron chi connectivity index (χ4n) is 3.07. The van der Waals surface area contributed by atoms with E-state index in [1.807, 2.05) is 20.8 Å². The molecule has 0 bridgehead atoms. The van der Waals surface area contributed by atoms with Crippen molar-refractivity contribution >= 4 is 27.5 Å². The van der Waals surface area contributed by atoms with Crippen molar-refractivity contribution in [2.24, 2.45) is 0 Å². The molecule has 1 aliphatic heterocycles. The molecule has 0 saturated carbocycles. The van der Waals surface area contributed by atoms with Crippen molar-refractivity contribution < 1.29 is 18.0 Å².